The van der Waals surface area contributed by atoms with Gasteiger partial charge in [-0.15, -0.1) is 10.2 Å². The molecule has 0 amide bonds. The molecule has 0 aliphatic heterocycles. The van der Waals surface area contributed by atoms with Gasteiger partial charge in [0.1, 0.15) is 5.75 Å². The van der Waals surface area contributed by atoms with E-state index in [1.54, 1.807) is 18.7 Å². The molecule has 2 heterocycles. The van der Waals surface area contributed by atoms with Crippen LogP contribution in [0.3, 0.4) is 0 Å². The Bertz CT molecular complexity index is 1260. The zero-order valence-corrected chi connectivity index (χ0v) is 16.6. The largest absolute Gasteiger partial charge is 0.496 e. The Kier molecular flexibility index (Phi) is 4.32. The molecule has 148 valence electrons. The molecule has 7 nitrogen and oxygen atoms in total. The molecule has 0 N–H and O–H groups in total. The lowest BCUT2D eigenvalue weighted by Crippen LogP contribution is -2.27. The number of nitrogens with zero attached hydrogens (tertiary/aromatic N) is 5. The molecule has 0 bridgehead atoms. The van der Waals surface area contributed by atoms with Gasteiger partial charge in [-0.05, 0) is 31.0 Å². The van der Waals surface area contributed by atoms with E-state index < -0.39 is 0 Å². The van der Waals surface area contributed by atoms with Crippen molar-refractivity contribution >= 4 is 16.7 Å². The Morgan fingerprint density at radius 3 is 2.62 bits per heavy atom. The van der Waals surface area contributed by atoms with Gasteiger partial charge in [0.15, 0.2) is 5.82 Å². The predicted octanol–water partition coefficient (Wildman–Crippen LogP) is 2.75. The highest BCUT2D eigenvalue weighted by Crippen LogP contribution is 2.31. The summed E-state index contributed by atoms with van der Waals surface area (Å²) in [5.74, 6) is 2.31. The number of methoxy groups -OCH3 is 1. The van der Waals surface area contributed by atoms with Gasteiger partial charge in [-0.3, -0.25) is 18.7 Å². The average molecular weight is 389 g/mol. The molecule has 1 aliphatic rings. The standard InChI is InChI=1S/C22H23N5O2/c1-25-21(28)17-8-4-5-9-18(17)27-20(23-24-22(25)27)14-26(16-11-12-16)13-15-7-3-6-10-19(15)29-2/h3-10,16H,11-14H2,1-2H3. The van der Waals surface area contributed by atoms with Crippen molar-refractivity contribution in [2.24, 2.45) is 7.05 Å². The Morgan fingerprint density at radius 2 is 1.83 bits per heavy atom. The zero-order chi connectivity index (χ0) is 20.0. The minimum atomic E-state index is -0.0554. The van der Waals surface area contributed by atoms with Crippen LogP contribution in [-0.2, 0) is 20.1 Å². The van der Waals surface area contributed by atoms with Crippen molar-refractivity contribution in [1.29, 1.82) is 0 Å². The molecule has 0 spiro atoms. The Balaban J connectivity index is 1.57. The molecule has 1 saturated carbocycles. The predicted molar refractivity (Wildman–Crippen MR) is 111 cm³/mol. The molecule has 0 saturated heterocycles. The van der Waals surface area contributed by atoms with Gasteiger partial charge in [0.2, 0.25) is 5.78 Å². The van der Waals surface area contributed by atoms with E-state index in [9.17, 15) is 4.79 Å². The van der Waals surface area contributed by atoms with Gasteiger partial charge in [0.05, 0.1) is 24.6 Å². The molecule has 5 rings (SSSR count). The first kappa shape index (κ1) is 17.9. The van der Waals surface area contributed by atoms with E-state index in [4.69, 9.17) is 4.74 Å². The lowest BCUT2D eigenvalue weighted by atomic mass is 10.2. The van der Waals surface area contributed by atoms with Crippen molar-refractivity contribution < 1.29 is 4.74 Å². The van der Waals surface area contributed by atoms with Gasteiger partial charge in [0.25, 0.3) is 5.56 Å². The molecule has 1 aliphatic carbocycles. The second-order valence-corrected chi connectivity index (χ2v) is 7.58. The topological polar surface area (TPSA) is 64.7 Å². The number of hydrogen-bond donors (Lipinski definition) is 0. The maximum Gasteiger partial charge on any atom is 0.262 e. The summed E-state index contributed by atoms with van der Waals surface area (Å²) in [4.78, 5) is 15.1. The second kappa shape index (κ2) is 7.00. The molecule has 4 aromatic rings. The highest BCUT2D eigenvalue weighted by atomic mass is 16.5. The lowest BCUT2D eigenvalue weighted by Gasteiger charge is -2.22. The number of ether oxygens (including phenoxy) is 1. The SMILES string of the molecule is COc1ccccc1CN(Cc1nnc2n(C)c(=O)c3ccccc3n12)C1CC1. The number of hydrogen-bond acceptors (Lipinski definition) is 5. The van der Waals surface area contributed by atoms with Crippen molar-refractivity contribution in [3.05, 3.63) is 70.3 Å². The molecule has 0 radical (unpaired) electrons. The maximum atomic E-state index is 12.7. The number of para-hydroxylation sites is 2. The summed E-state index contributed by atoms with van der Waals surface area (Å²) in [5, 5.41) is 9.46. The third-order valence-corrected chi connectivity index (χ3v) is 5.67. The summed E-state index contributed by atoms with van der Waals surface area (Å²) in [6.45, 7) is 1.44. The van der Waals surface area contributed by atoms with E-state index in [0.717, 1.165) is 29.2 Å². The van der Waals surface area contributed by atoms with Gasteiger partial charge in [-0.2, -0.15) is 0 Å². The first-order chi connectivity index (χ1) is 14.2. The van der Waals surface area contributed by atoms with Crippen molar-refractivity contribution in [2.75, 3.05) is 7.11 Å². The normalized spacial score (nSPS) is 14.2. The van der Waals surface area contributed by atoms with Crippen molar-refractivity contribution in [1.82, 2.24) is 24.1 Å². The summed E-state index contributed by atoms with van der Waals surface area (Å²) in [6.07, 6.45) is 2.37. The van der Waals surface area contributed by atoms with Crippen LogP contribution in [0.1, 0.15) is 24.2 Å². The second-order valence-electron chi connectivity index (χ2n) is 7.58. The fourth-order valence-corrected chi connectivity index (χ4v) is 3.98. The molecule has 29 heavy (non-hydrogen) atoms. The van der Waals surface area contributed by atoms with Crippen LogP contribution < -0.4 is 10.3 Å². The third-order valence-electron chi connectivity index (χ3n) is 5.67. The molecule has 0 atom stereocenters. The molecule has 2 aromatic carbocycles. The molecular formula is C22H23N5O2. The highest BCUT2D eigenvalue weighted by Gasteiger charge is 2.31. The van der Waals surface area contributed by atoms with Crippen LogP contribution in [0.2, 0.25) is 0 Å². The minimum Gasteiger partial charge on any atom is -0.496 e. The maximum absolute atomic E-state index is 12.7. The highest BCUT2D eigenvalue weighted by molar-refractivity contribution is 5.80. The molecule has 2 aromatic heterocycles. The molecule has 1 fully saturated rings. The fraction of sp³-hybridized carbons (Fsp3) is 0.318. The number of fused-ring (bicyclic) bond motifs is 3. The molecular weight excluding hydrogens is 366 g/mol. The molecule has 0 unspecified atom stereocenters. The monoisotopic (exact) mass is 389 g/mol. The van der Waals surface area contributed by atoms with E-state index in [-0.39, 0.29) is 5.56 Å². The summed E-state index contributed by atoms with van der Waals surface area (Å²) in [5.41, 5.74) is 1.95. The number of aromatic nitrogens is 4. The summed E-state index contributed by atoms with van der Waals surface area (Å²) in [6, 6.07) is 16.3. The molecule has 7 heteroatoms. The van der Waals surface area contributed by atoms with E-state index in [2.05, 4.69) is 21.2 Å². The average Bonchev–Trinajstić information content (AvgIpc) is 3.52. The van der Waals surface area contributed by atoms with Crippen LogP contribution in [0.5, 0.6) is 5.75 Å². The Morgan fingerprint density at radius 1 is 1.07 bits per heavy atom. The van der Waals surface area contributed by atoms with Crippen LogP contribution in [0, 0.1) is 0 Å². The Labute approximate surface area is 168 Å². The van der Waals surface area contributed by atoms with Crippen molar-refractivity contribution in [3.8, 4) is 5.75 Å². The Hall–Kier alpha value is -3.19. The van der Waals surface area contributed by atoms with Crippen LogP contribution in [0.15, 0.2) is 53.3 Å². The smallest absolute Gasteiger partial charge is 0.262 e. The van der Waals surface area contributed by atoms with Crippen molar-refractivity contribution in [3.63, 3.8) is 0 Å². The van der Waals surface area contributed by atoms with Crippen molar-refractivity contribution in [2.45, 2.75) is 32.0 Å². The van der Waals surface area contributed by atoms with Gasteiger partial charge < -0.3 is 4.74 Å². The summed E-state index contributed by atoms with van der Waals surface area (Å²) < 4.78 is 9.12. The van der Waals surface area contributed by atoms with Gasteiger partial charge in [0, 0.05) is 25.2 Å². The quantitative estimate of drug-likeness (QED) is 0.507. The summed E-state index contributed by atoms with van der Waals surface area (Å²) >= 11 is 0. The minimum absolute atomic E-state index is 0.0554. The summed E-state index contributed by atoms with van der Waals surface area (Å²) in [7, 11) is 3.45. The van der Waals surface area contributed by atoms with Gasteiger partial charge in [-0.25, -0.2) is 0 Å². The van der Waals surface area contributed by atoms with E-state index in [1.165, 1.54) is 12.8 Å². The van der Waals surface area contributed by atoms with E-state index in [1.807, 2.05) is 46.9 Å². The number of benzene rings is 2. The first-order valence-corrected chi connectivity index (χ1v) is 9.85. The number of rotatable bonds is 6. The third kappa shape index (κ3) is 3.07. The lowest BCUT2D eigenvalue weighted by molar-refractivity contribution is 0.235. The first-order valence-electron chi connectivity index (χ1n) is 9.85. The van der Waals surface area contributed by atoms with Crippen LogP contribution in [0.4, 0.5) is 0 Å². The number of aryl methyl sites for hydroxylation is 1. The van der Waals surface area contributed by atoms with Gasteiger partial charge >= 0.3 is 0 Å². The van der Waals surface area contributed by atoms with Crippen LogP contribution in [-0.4, -0.2) is 37.2 Å². The zero-order valence-electron chi connectivity index (χ0n) is 16.6. The van der Waals surface area contributed by atoms with Gasteiger partial charge in [-0.1, -0.05) is 30.3 Å². The van der Waals surface area contributed by atoms with E-state index in [0.29, 0.717) is 23.8 Å². The fourth-order valence-electron chi connectivity index (χ4n) is 3.98. The van der Waals surface area contributed by atoms with Crippen LogP contribution >= 0.6 is 0 Å². The van der Waals surface area contributed by atoms with Crippen LogP contribution in [0.25, 0.3) is 16.7 Å². The van der Waals surface area contributed by atoms with E-state index >= 15 is 0 Å².